The Labute approximate surface area is 158 Å². The Kier molecular flexibility index (Phi) is 4.71. The number of rotatable bonds is 5. The van der Waals surface area contributed by atoms with E-state index in [4.69, 9.17) is 0 Å². The molecule has 0 radical (unpaired) electrons. The Balaban J connectivity index is 1.65. The van der Waals surface area contributed by atoms with Crippen LogP contribution in [-0.4, -0.2) is 22.4 Å². The molecule has 0 bridgehead atoms. The maximum atomic E-state index is 12.9. The number of hydrogen-bond acceptors (Lipinski definition) is 4. The number of benzene rings is 2. The van der Waals surface area contributed by atoms with Crippen LogP contribution in [0.15, 0.2) is 84.6 Å². The van der Waals surface area contributed by atoms with E-state index < -0.39 is 0 Å². The molecule has 0 saturated carbocycles. The molecule has 2 heterocycles. The van der Waals surface area contributed by atoms with E-state index >= 15 is 0 Å². The van der Waals surface area contributed by atoms with Crippen molar-refractivity contribution >= 4 is 23.0 Å². The summed E-state index contributed by atoms with van der Waals surface area (Å²) in [6.45, 7) is 0.313. The van der Waals surface area contributed by atoms with E-state index in [1.165, 1.54) is 0 Å². The van der Waals surface area contributed by atoms with Gasteiger partial charge in [-0.1, -0.05) is 48.5 Å². The first kappa shape index (κ1) is 17.0. The summed E-state index contributed by atoms with van der Waals surface area (Å²) >= 11 is 0. The summed E-state index contributed by atoms with van der Waals surface area (Å²) in [6, 6.07) is 23.3. The van der Waals surface area contributed by atoms with Crippen LogP contribution in [0.25, 0.3) is 5.76 Å². The third kappa shape index (κ3) is 3.47. The van der Waals surface area contributed by atoms with Gasteiger partial charge >= 0.3 is 0 Å². The van der Waals surface area contributed by atoms with Crippen molar-refractivity contribution in [3.63, 3.8) is 0 Å². The number of para-hydroxylation sites is 1. The fourth-order valence-corrected chi connectivity index (χ4v) is 3.36. The summed E-state index contributed by atoms with van der Waals surface area (Å²) in [6.07, 6.45) is 2.72. The van der Waals surface area contributed by atoms with E-state index in [0.717, 1.165) is 11.3 Å². The van der Waals surface area contributed by atoms with Gasteiger partial charge in [0.2, 0.25) is 0 Å². The van der Waals surface area contributed by atoms with Crippen molar-refractivity contribution in [2.24, 2.45) is 0 Å². The molecule has 4 heteroatoms. The van der Waals surface area contributed by atoms with E-state index in [2.05, 4.69) is 4.98 Å². The zero-order valence-electron chi connectivity index (χ0n) is 14.9. The molecule has 0 fully saturated rings. The van der Waals surface area contributed by atoms with Gasteiger partial charge in [0.15, 0.2) is 5.78 Å². The molecule has 0 atom stereocenters. The van der Waals surface area contributed by atoms with Crippen molar-refractivity contribution in [3.05, 3.63) is 95.7 Å². The average molecular weight is 356 g/mol. The normalized spacial score (nSPS) is 13.4. The molecular weight excluding hydrogens is 336 g/mol. The lowest BCUT2D eigenvalue weighted by Gasteiger charge is -2.31. The molecule has 0 aliphatic carbocycles. The van der Waals surface area contributed by atoms with E-state index in [0.29, 0.717) is 36.3 Å². The van der Waals surface area contributed by atoms with Gasteiger partial charge in [-0.05, 0) is 36.2 Å². The third-order valence-electron chi connectivity index (χ3n) is 4.79. The molecule has 0 spiro atoms. The molecule has 1 aromatic heterocycles. The average Bonchev–Trinajstić information content (AvgIpc) is 2.74. The smallest absolute Gasteiger partial charge is 0.164 e. The molecule has 3 aromatic rings. The van der Waals surface area contributed by atoms with E-state index in [1.807, 2.05) is 65.6 Å². The Morgan fingerprint density at radius 2 is 1.67 bits per heavy atom. The number of nitrogens with zero attached hydrogens (tertiary/aromatic N) is 2. The van der Waals surface area contributed by atoms with Crippen LogP contribution in [0.4, 0.5) is 11.5 Å². The van der Waals surface area contributed by atoms with Gasteiger partial charge in [0.1, 0.15) is 11.6 Å². The number of aryl methyl sites for hydroxylation is 1. The van der Waals surface area contributed by atoms with Crippen LogP contribution in [0.3, 0.4) is 0 Å². The van der Waals surface area contributed by atoms with Crippen LogP contribution in [-0.2, 0) is 11.2 Å². The Bertz CT molecular complexity index is 982. The maximum absolute atomic E-state index is 12.9. The third-order valence-corrected chi connectivity index (χ3v) is 4.79. The monoisotopic (exact) mass is 356 g/mol. The quantitative estimate of drug-likeness (QED) is 0.720. The molecule has 0 unspecified atom stereocenters. The van der Waals surface area contributed by atoms with E-state index in [9.17, 15) is 9.90 Å². The summed E-state index contributed by atoms with van der Waals surface area (Å²) in [4.78, 5) is 19.3. The van der Waals surface area contributed by atoms with Crippen LogP contribution >= 0.6 is 0 Å². The van der Waals surface area contributed by atoms with Gasteiger partial charge in [-0.3, -0.25) is 4.79 Å². The summed E-state index contributed by atoms with van der Waals surface area (Å²) in [7, 11) is 0. The number of anilines is 2. The topological polar surface area (TPSA) is 53.4 Å². The lowest BCUT2D eigenvalue weighted by atomic mass is 9.96. The predicted octanol–water partition coefficient (Wildman–Crippen LogP) is 4.70. The van der Waals surface area contributed by atoms with Crippen molar-refractivity contribution in [1.29, 1.82) is 0 Å². The number of aliphatic hydroxyl groups is 1. The molecule has 134 valence electrons. The van der Waals surface area contributed by atoms with Crippen LogP contribution < -0.4 is 4.90 Å². The van der Waals surface area contributed by atoms with Gasteiger partial charge in [0.05, 0.1) is 17.7 Å². The Hall–Kier alpha value is -3.40. The number of ketones is 1. The molecule has 4 rings (SSSR count). The Morgan fingerprint density at radius 3 is 2.41 bits per heavy atom. The van der Waals surface area contributed by atoms with Crippen LogP contribution in [0, 0.1) is 0 Å². The lowest BCUT2D eigenvalue weighted by Crippen LogP contribution is -2.30. The summed E-state index contributed by atoms with van der Waals surface area (Å²) < 4.78 is 0. The number of aliphatic hydroxyl groups excluding tert-OH is 1. The first-order valence-corrected chi connectivity index (χ1v) is 9.01. The van der Waals surface area contributed by atoms with Gasteiger partial charge in [-0.25, -0.2) is 4.98 Å². The molecular formula is C23H20N2O2. The number of carbonyl (C=O) groups excluding carboxylic acids is 1. The highest BCUT2D eigenvalue weighted by atomic mass is 16.3. The SMILES string of the molecule is O=C(CCc1ccccc1)C1=C(O)c2cccnc2N(c2ccccc2)C1. The zero-order valence-corrected chi connectivity index (χ0v) is 14.9. The minimum Gasteiger partial charge on any atom is -0.507 e. The number of hydrogen-bond donors (Lipinski definition) is 1. The van der Waals surface area contributed by atoms with Crippen molar-refractivity contribution in [2.75, 3.05) is 11.4 Å². The minimum absolute atomic E-state index is 0.0354. The number of fused-ring (bicyclic) bond motifs is 1. The highest BCUT2D eigenvalue weighted by Crippen LogP contribution is 2.36. The molecule has 4 nitrogen and oxygen atoms in total. The van der Waals surface area contributed by atoms with Crippen molar-refractivity contribution in [2.45, 2.75) is 12.8 Å². The van der Waals surface area contributed by atoms with Gasteiger partial charge in [-0.2, -0.15) is 0 Å². The molecule has 2 aromatic carbocycles. The summed E-state index contributed by atoms with van der Waals surface area (Å²) in [5.41, 5.74) is 3.09. The Morgan fingerprint density at radius 1 is 0.963 bits per heavy atom. The first-order chi connectivity index (χ1) is 13.2. The van der Waals surface area contributed by atoms with E-state index in [1.54, 1.807) is 18.3 Å². The van der Waals surface area contributed by atoms with Crippen LogP contribution in [0.2, 0.25) is 0 Å². The van der Waals surface area contributed by atoms with Crippen molar-refractivity contribution < 1.29 is 9.90 Å². The minimum atomic E-state index is -0.0354. The second-order valence-electron chi connectivity index (χ2n) is 6.53. The number of aromatic nitrogens is 1. The number of pyridine rings is 1. The van der Waals surface area contributed by atoms with E-state index in [-0.39, 0.29) is 11.5 Å². The number of carbonyl (C=O) groups is 1. The first-order valence-electron chi connectivity index (χ1n) is 9.01. The standard InChI is InChI=1S/C23H20N2O2/c26-21(14-13-17-8-3-1-4-9-17)20-16-25(18-10-5-2-6-11-18)23-19(22(20)27)12-7-15-24-23/h1-12,15,27H,13-14,16H2. The second kappa shape index (κ2) is 7.46. The molecule has 1 N–H and O–H groups in total. The molecule has 1 aliphatic heterocycles. The predicted molar refractivity (Wildman–Crippen MR) is 107 cm³/mol. The molecule has 27 heavy (non-hydrogen) atoms. The van der Waals surface area contributed by atoms with Crippen LogP contribution in [0.5, 0.6) is 0 Å². The van der Waals surface area contributed by atoms with Gasteiger partial charge in [0, 0.05) is 18.3 Å². The molecule has 1 aliphatic rings. The molecule has 0 saturated heterocycles. The largest absolute Gasteiger partial charge is 0.507 e. The van der Waals surface area contributed by atoms with Gasteiger partial charge in [-0.15, -0.1) is 0 Å². The zero-order chi connectivity index (χ0) is 18.6. The fourth-order valence-electron chi connectivity index (χ4n) is 3.36. The maximum Gasteiger partial charge on any atom is 0.164 e. The van der Waals surface area contributed by atoms with Gasteiger partial charge < -0.3 is 10.0 Å². The highest BCUT2D eigenvalue weighted by Gasteiger charge is 2.29. The van der Waals surface area contributed by atoms with Crippen molar-refractivity contribution in [1.82, 2.24) is 4.98 Å². The molecule has 0 amide bonds. The van der Waals surface area contributed by atoms with Crippen LogP contribution in [0.1, 0.15) is 17.5 Å². The second-order valence-corrected chi connectivity index (χ2v) is 6.53. The summed E-state index contributed by atoms with van der Waals surface area (Å²) in [5, 5.41) is 10.7. The van der Waals surface area contributed by atoms with Crippen molar-refractivity contribution in [3.8, 4) is 0 Å². The van der Waals surface area contributed by atoms with Gasteiger partial charge in [0.25, 0.3) is 0 Å². The number of Topliss-reactive ketones (excluding diaryl/α,β-unsaturated/α-hetero) is 1. The highest BCUT2D eigenvalue weighted by molar-refractivity contribution is 6.05. The lowest BCUT2D eigenvalue weighted by molar-refractivity contribution is -0.115. The summed E-state index contributed by atoms with van der Waals surface area (Å²) in [5.74, 6) is 0.677. The fraction of sp³-hybridized carbons (Fsp3) is 0.130.